The molecule has 6 heteroatoms. The summed E-state index contributed by atoms with van der Waals surface area (Å²) in [6, 6.07) is 7.97. The number of nitrogens with zero attached hydrogens (tertiary/aromatic N) is 3. The third kappa shape index (κ3) is 2.22. The van der Waals surface area contributed by atoms with E-state index >= 15 is 0 Å². The smallest absolute Gasteiger partial charge is 0.270 e. The minimum Gasteiger partial charge on any atom is -0.375 e. The maximum absolute atomic E-state index is 5.67. The molecule has 0 aliphatic heterocycles. The van der Waals surface area contributed by atoms with Crippen LogP contribution in [0.1, 0.15) is 11.3 Å². The molecule has 3 aromatic rings. The van der Waals surface area contributed by atoms with Gasteiger partial charge in [-0.25, -0.2) is 4.98 Å². The lowest BCUT2D eigenvalue weighted by atomic mass is 10.1. The molecule has 1 aromatic carbocycles. The molecule has 0 spiro atoms. The van der Waals surface area contributed by atoms with Gasteiger partial charge in [0.15, 0.2) is 5.13 Å². The largest absolute Gasteiger partial charge is 0.375 e. The molecule has 0 saturated carbocycles. The highest BCUT2D eigenvalue weighted by Gasteiger charge is 2.16. The molecule has 5 nitrogen and oxygen atoms in total. The molecule has 0 unspecified atom stereocenters. The minimum atomic E-state index is 0.460. The Morgan fingerprint density at radius 2 is 1.84 bits per heavy atom. The van der Waals surface area contributed by atoms with Crippen molar-refractivity contribution in [2.45, 2.75) is 13.8 Å². The van der Waals surface area contributed by atoms with Crippen molar-refractivity contribution in [3.05, 3.63) is 35.5 Å². The van der Waals surface area contributed by atoms with E-state index in [1.165, 1.54) is 16.9 Å². The van der Waals surface area contributed by atoms with Crippen LogP contribution in [-0.4, -0.2) is 15.1 Å². The van der Waals surface area contributed by atoms with Crippen molar-refractivity contribution in [3.8, 4) is 22.2 Å². The van der Waals surface area contributed by atoms with E-state index < -0.39 is 0 Å². The third-order valence-corrected chi connectivity index (χ3v) is 3.72. The van der Waals surface area contributed by atoms with Gasteiger partial charge < -0.3 is 10.3 Å². The molecule has 2 heterocycles. The molecule has 2 aromatic heterocycles. The highest BCUT2D eigenvalue weighted by Crippen LogP contribution is 2.31. The summed E-state index contributed by atoms with van der Waals surface area (Å²) in [5, 5.41) is 4.50. The predicted molar refractivity (Wildman–Crippen MR) is 74.7 cm³/mol. The Bertz CT molecular complexity index is 715. The first kappa shape index (κ1) is 11.9. The summed E-state index contributed by atoms with van der Waals surface area (Å²) in [5.41, 5.74) is 8.60. The number of rotatable bonds is 2. The number of hydrogen-bond acceptors (Lipinski definition) is 6. The van der Waals surface area contributed by atoms with Crippen LogP contribution in [0.2, 0.25) is 0 Å². The molecular formula is C13H12N4OS. The molecule has 0 bridgehead atoms. The van der Waals surface area contributed by atoms with Gasteiger partial charge in [-0.2, -0.15) is 4.98 Å². The zero-order valence-electron chi connectivity index (χ0n) is 10.5. The zero-order chi connectivity index (χ0) is 13.4. The van der Waals surface area contributed by atoms with E-state index in [9.17, 15) is 0 Å². The fraction of sp³-hybridized carbons (Fsp3) is 0.154. The summed E-state index contributed by atoms with van der Waals surface area (Å²) in [6.45, 7) is 3.91. The van der Waals surface area contributed by atoms with Gasteiger partial charge in [0.1, 0.15) is 4.88 Å². The maximum atomic E-state index is 5.67. The summed E-state index contributed by atoms with van der Waals surface area (Å²) >= 11 is 1.35. The Labute approximate surface area is 114 Å². The SMILES string of the molecule is Cc1ccc(-c2noc(-c3sc(N)nc3C)n2)cc1. The van der Waals surface area contributed by atoms with Crippen molar-refractivity contribution < 1.29 is 4.52 Å². The first-order valence-electron chi connectivity index (χ1n) is 5.77. The van der Waals surface area contributed by atoms with E-state index in [0.717, 1.165) is 16.1 Å². The van der Waals surface area contributed by atoms with E-state index in [1.807, 2.05) is 38.1 Å². The highest BCUT2D eigenvalue weighted by molar-refractivity contribution is 7.18. The number of thiazole rings is 1. The van der Waals surface area contributed by atoms with Crippen LogP contribution in [0.5, 0.6) is 0 Å². The summed E-state index contributed by atoms with van der Waals surface area (Å²) in [5.74, 6) is 1.03. The lowest BCUT2D eigenvalue weighted by molar-refractivity contribution is 0.433. The molecule has 0 amide bonds. The Balaban J connectivity index is 1.99. The molecule has 96 valence electrons. The number of anilines is 1. The lowest BCUT2D eigenvalue weighted by Gasteiger charge is -1.94. The van der Waals surface area contributed by atoms with Gasteiger partial charge in [-0.15, -0.1) is 0 Å². The van der Waals surface area contributed by atoms with Crippen molar-refractivity contribution >= 4 is 16.5 Å². The summed E-state index contributed by atoms with van der Waals surface area (Å²) in [6.07, 6.45) is 0. The molecule has 19 heavy (non-hydrogen) atoms. The Morgan fingerprint density at radius 3 is 2.47 bits per heavy atom. The van der Waals surface area contributed by atoms with Gasteiger partial charge >= 0.3 is 0 Å². The van der Waals surface area contributed by atoms with Crippen molar-refractivity contribution in [1.82, 2.24) is 15.1 Å². The first-order valence-corrected chi connectivity index (χ1v) is 6.59. The van der Waals surface area contributed by atoms with Crippen LogP contribution in [0, 0.1) is 13.8 Å². The van der Waals surface area contributed by atoms with Gasteiger partial charge in [0.05, 0.1) is 5.69 Å². The normalized spacial score (nSPS) is 10.8. The van der Waals surface area contributed by atoms with Crippen molar-refractivity contribution in [1.29, 1.82) is 0 Å². The number of aryl methyl sites for hydroxylation is 2. The molecule has 0 atom stereocenters. The Morgan fingerprint density at radius 1 is 1.11 bits per heavy atom. The van der Waals surface area contributed by atoms with Crippen LogP contribution in [0.3, 0.4) is 0 Å². The van der Waals surface area contributed by atoms with Crippen LogP contribution in [0.4, 0.5) is 5.13 Å². The first-order chi connectivity index (χ1) is 9.13. The van der Waals surface area contributed by atoms with Crippen molar-refractivity contribution in [3.63, 3.8) is 0 Å². The van der Waals surface area contributed by atoms with Gasteiger partial charge in [0.2, 0.25) is 5.82 Å². The van der Waals surface area contributed by atoms with Crippen LogP contribution < -0.4 is 5.73 Å². The second-order valence-corrected chi connectivity index (χ2v) is 5.29. The van der Waals surface area contributed by atoms with Crippen LogP contribution in [-0.2, 0) is 0 Å². The summed E-state index contributed by atoms with van der Waals surface area (Å²) in [7, 11) is 0. The number of aromatic nitrogens is 3. The summed E-state index contributed by atoms with van der Waals surface area (Å²) in [4.78, 5) is 9.36. The number of nitrogens with two attached hydrogens (primary N) is 1. The van der Waals surface area contributed by atoms with E-state index in [4.69, 9.17) is 10.3 Å². The van der Waals surface area contributed by atoms with E-state index in [2.05, 4.69) is 15.1 Å². The van der Waals surface area contributed by atoms with Crippen LogP contribution in [0.15, 0.2) is 28.8 Å². The van der Waals surface area contributed by atoms with Crippen molar-refractivity contribution in [2.75, 3.05) is 5.73 Å². The van der Waals surface area contributed by atoms with Crippen LogP contribution >= 0.6 is 11.3 Å². The van der Waals surface area contributed by atoms with Crippen molar-refractivity contribution in [2.24, 2.45) is 0 Å². The molecule has 0 aliphatic rings. The number of nitrogen functional groups attached to an aromatic ring is 1. The fourth-order valence-electron chi connectivity index (χ4n) is 1.75. The second-order valence-electron chi connectivity index (χ2n) is 4.26. The van der Waals surface area contributed by atoms with Gasteiger partial charge in [-0.1, -0.05) is 46.3 Å². The van der Waals surface area contributed by atoms with Gasteiger partial charge in [0, 0.05) is 5.56 Å². The highest BCUT2D eigenvalue weighted by atomic mass is 32.1. The monoisotopic (exact) mass is 272 g/mol. The molecular weight excluding hydrogens is 260 g/mol. The van der Waals surface area contributed by atoms with Crippen LogP contribution in [0.25, 0.3) is 22.2 Å². The topological polar surface area (TPSA) is 77.8 Å². The quantitative estimate of drug-likeness (QED) is 0.775. The Hall–Kier alpha value is -2.21. The number of benzene rings is 1. The molecule has 0 fully saturated rings. The third-order valence-electron chi connectivity index (χ3n) is 2.74. The maximum Gasteiger partial charge on any atom is 0.270 e. The van der Waals surface area contributed by atoms with E-state index in [-0.39, 0.29) is 0 Å². The molecule has 2 N–H and O–H groups in total. The van der Waals surface area contributed by atoms with E-state index in [0.29, 0.717) is 16.8 Å². The van der Waals surface area contributed by atoms with E-state index in [1.54, 1.807) is 0 Å². The predicted octanol–water partition coefficient (Wildman–Crippen LogP) is 3.06. The molecule has 0 aliphatic carbocycles. The summed E-state index contributed by atoms with van der Waals surface area (Å²) < 4.78 is 5.28. The van der Waals surface area contributed by atoms with Gasteiger partial charge in [-0.05, 0) is 13.8 Å². The van der Waals surface area contributed by atoms with Gasteiger partial charge in [-0.3, -0.25) is 0 Å². The van der Waals surface area contributed by atoms with Gasteiger partial charge in [0.25, 0.3) is 5.89 Å². The average molecular weight is 272 g/mol. The second kappa shape index (κ2) is 4.47. The number of hydrogen-bond donors (Lipinski definition) is 1. The molecule has 0 radical (unpaired) electrons. The average Bonchev–Trinajstić information content (AvgIpc) is 2.97. The minimum absolute atomic E-state index is 0.460. The Kier molecular flexibility index (Phi) is 2.79. The standard InChI is InChI=1S/C13H12N4OS/c1-7-3-5-9(6-4-7)11-16-12(18-17-11)10-8(2)15-13(14)19-10/h3-6H,1-2H3,(H2,14,15). The molecule has 0 saturated heterocycles. The zero-order valence-corrected chi connectivity index (χ0v) is 11.4. The lowest BCUT2D eigenvalue weighted by Crippen LogP contribution is -1.82. The fourth-order valence-corrected chi connectivity index (χ4v) is 2.51. The molecule has 3 rings (SSSR count).